The van der Waals surface area contributed by atoms with Gasteiger partial charge in [-0.1, -0.05) is 40.0 Å². The summed E-state index contributed by atoms with van der Waals surface area (Å²) < 4.78 is 0. The maximum absolute atomic E-state index is 11.7. The molecule has 1 aliphatic carbocycles. The first kappa shape index (κ1) is 16.4. The second-order valence-electron chi connectivity index (χ2n) is 6.95. The minimum absolute atomic E-state index is 0.0508. The van der Waals surface area contributed by atoms with E-state index in [1.807, 2.05) is 0 Å². The third-order valence-electron chi connectivity index (χ3n) is 3.48. The minimum Gasteiger partial charge on any atom is -0.392 e. The lowest BCUT2D eigenvalue weighted by atomic mass is 9.89. The summed E-state index contributed by atoms with van der Waals surface area (Å²) in [6.45, 7) is 7.09. The molecular weight excluding hydrogens is 240 g/mol. The van der Waals surface area contributed by atoms with Crippen molar-refractivity contribution in [3.63, 3.8) is 0 Å². The van der Waals surface area contributed by atoms with Gasteiger partial charge in [0.15, 0.2) is 0 Å². The molecule has 0 aromatic rings. The molecule has 0 aromatic heterocycles. The van der Waals surface area contributed by atoms with Crippen molar-refractivity contribution in [2.24, 2.45) is 5.41 Å². The second-order valence-corrected chi connectivity index (χ2v) is 6.95. The zero-order chi connectivity index (χ0) is 14.3. The monoisotopic (exact) mass is 270 g/mol. The number of hydrogen-bond acceptors (Lipinski definition) is 3. The van der Waals surface area contributed by atoms with Crippen molar-refractivity contribution < 1.29 is 9.90 Å². The fourth-order valence-corrected chi connectivity index (χ4v) is 2.66. The van der Waals surface area contributed by atoms with Crippen LogP contribution in [0.2, 0.25) is 0 Å². The number of carbonyl (C=O) groups excluding carboxylic acids is 1. The molecule has 1 saturated carbocycles. The van der Waals surface area contributed by atoms with Gasteiger partial charge in [0.25, 0.3) is 0 Å². The zero-order valence-electron chi connectivity index (χ0n) is 12.7. The molecule has 1 unspecified atom stereocenters. The van der Waals surface area contributed by atoms with Gasteiger partial charge in [-0.25, -0.2) is 0 Å². The predicted molar refractivity (Wildman–Crippen MR) is 78.0 cm³/mol. The van der Waals surface area contributed by atoms with Gasteiger partial charge in [0.2, 0.25) is 5.91 Å². The quantitative estimate of drug-likeness (QED) is 0.690. The summed E-state index contributed by atoms with van der Waals surface area (Å²) in [4.78, 5) is 11.7. The lowest BCUT2D eigenvalue weighted by molar-refractivity contribution is -0.121. The van der Waals surface area contributed by atoms with E-state index in [1.54, 1.807) is 0 Å². The molecule has 0 bridgehead atoms. The maximum Gasteiger partial charge on any atom is 0.234 e. The van der Waals surface area contributed by atoms with Crippen LogP contribution in [0.5, 0.6) is 0 Å². The molecular formula is C15H30N2O2. The van der Waals surface area contributed by atoms with Crippen LogP contribution in [-0.2, 0) is 4.79 Å². The molecule has 1 atom stereocenters. The van der Waals surface area contributed by atoms with Crippen LogP contribution in [0.4, 0.5) is 0 Å². The van der Waals surface area contributed by atoms with Crippen molar-refractivity contribution >= 4 is 5.91 Å². The summed E-state index contributed by atoms with van der Waals surface area (Å²) in [7, 11) is 0. The van der Waals surface area contributed by atoms with Gasteiger partial charge in [-0.3, -0.25) is 4.79 Å². The first-order chi connectivity index (χ1) is 8.87. The van der Waals surface area contributed by atoms with E-state index in [-0.39, 0.29) is 17.4 Å². The number of amides is 1. The molecule has 112 valence electrons. The van der Waals surface area contributed by atoms with Crippen molar-refractivity contribution in [3.05, 3.63) is 0 Å². The van der Waals surface area contributed by atoms with Crippen LogP contribution < -0.4 is 10.6 Å². The first-order valence-corrected chi connectivity index (χ1v) is 7.55. The van der Waals surface area contributed by atoms with Crippen LogP contribution in [-0.4, -0.2) is 36.2 Å². The summed E-state index contributed by atoms with van der Waals surface area (Å²) in [5, 5.41) is 15.9. The van der Waals surface area contributed by atoms with Crippen LogP contribution in [0.1, 0.15) is 59.3 Å². The van der Waals surface area contributed by atoms with Gasteiger partial charge in [0, 0.05) is 12.6 Å². The highest BCUT2D eigenvalue weighted by molar-refractivity contribution is 5.78. The van der Waals surface area contributed by atoms with E-state index in [9.17, 15) is 9.90 Å². The van der Waals surface area contributed by atoms with Crippen molar-refractivity contribution in [1.29, 1.82) is 0 Å². The van der Waals surface area contributed by atoms with Crippen LogP contribution in [0, 0.1) is 5.41 Å². The van der Waals surface area contributed by atoms with Gasteiger partial charge in [0.05, 0.1) is 12.6 Å². The average Bonchev–Trinajstić information content (AvgIpc) is 2.27. The summed E-state index contributed by atoms with van der Waals surface area (Å²) >= 11 is 0. The Bertz CT molecular complexity index is 268. The molecule has 0 spiro atoms. The molecule has 0 aliphatic heterocycles. The van der Waals surface area contributed by atoms with Gasteiger partial charge in [-0.15, -0.1) is 0 Å². The predicted octanol–water partition coefficient (Wildman–Crippen LogP) is 1.82. The Hall–Kier alpha value is -0.610. The van der Waals surface area contributed by atoms with Gasteiger partial charge in [-0.05, 0) is 24.7 Å². The lowest BCUT2D eigenvalue weighted by Crippen LogP contribution is -2.43. The molecule has 0 heterocycles. The van der Waals surface area contributed by atoms with Gasteiger partial charge in [-0.2, -0.15) is 0 Å². The number of hydrogen-bond donors (Lipinski definition) is 3. The Kier molecular flexibility index (Phi) is 6.80. The summed E-state index contributed by atoms with van der Waals surface area (Å²) in [5.74, 6) is 0.0508. The Labute approximate surface area is 117 Å². The maximum atomic E-state index is 11.7. The molecule has 3 N–H and O–H groups in total. The Morgan fingerprint density at radius 2 is 1.89 bits per heavy atom. The van der Waals surface area contributed by atoms with E-state index in [2.05, 4.69) is 31.4 Å². The summed E-state index contributed by atoms with van der Waals surface area (Å²) in [6.07, 6.45) is 6.32. The summed E-state index contributed by atoms with van der Waals surface area (Å²) in [5.41, 5.74) is 0.117. The van der Waals surface area contributed by atoms with Gasteiger partial charge < -0.3 is 15.7 Å². The van der Waals surface area contributed by atoms with Crippen LogP contribution in [0.3, 0.4) is 0 Å². The van der Waals surface area contributed by atoms with Gasteiger partial charge >= 0.3 is 0 Å². The Morgan fingerprint density at radius 3 is 2.47 bits per heavy atom. The largest absolute Gasteiger partial charge is 0.392 e. The van der Waals surface area contributed by atoms with Crippen LogP contribution in [0.25, 0.3) is 0 Å². The molecule has 0 saturated heterocycles. The molecule has 0 radical (unpaired) electrons. The van der Waals surface area contributed by atoms with E-state index in [1.165, 1.54) is 19.3 Å². The molecule has 4 nitrogen and oxygen atoms in total. The topological polar surface area (TPSA) is 61.4 Å². The SMILES string of the molecule is CC(C)(C)CC(O)CNCC(=O)NC1CCCCC1. The number of aliphatic hydroxyl groups excluding tert-OH is 1. The second kappa shape index (κ2) is 7.85. The normalized spacial score (nSPS) is 19.2. The smallest absolute Gasteiger partial charge is 0.234 e. The number of carbonyl (C=O) groups is 1. The van der Waals surface area contributed by atoms with Crippen LogP contribution >= 0.6 is 0 Å². The Balaban J connectivity index is 2.09. The van der Waals surface area contributed by atoms with E-state index < -0.39 is 0 Å². The Morgan fingerprint density at radius 1 is 1.26 bits per heavy atom. The van der Waals surface area contributed by atoms with Crippen molar-refractivity contribution in [1.82, 2.24) is 10.6 Å². The highest BCUT2D eigenvalue weighted by Gasteiger charge is 2.18. The van der Waals surface area contributed by atoms with Crippen molar-refractivity contribution in [3.8, 4) is 0 Å². The highest BCUT2D eigenvalue weighted by Crippen LogP contribution is 2.20. The number of rotatable bonds is 6. The van der Waals surface area contributed by atoms with Crippen molar-refractivity contribution in [2.45, 2.75) is 71.4 Å². The fraction of sp³-hybridized carbons (Fsp3) is 0.933. The molecule has 1 amide bonds. The summed E-state index contributed by atoms with van der Waals surface area (Å²) in [6, 6.07) is 0.363. The van der Waals surface area contributed by atoms with Crippen molar-refractivity contribution in [2.75, 3.05) is 13.1 Å². The standard InChI is InChI=1S/C15H30N2O2/c1-15(2,3)9-13(18)10-16-11-14(19)17-12-7-5-4-6-8-12/h12-13,16,18H,4-11H2,1-3H3,(H,17,19). The molecule has 4 heteroatoms. The van der Waals surface area contributed by atoms with Crippen LogP contribution in [0.15, 0.2) is 0 Å². The molecule has 1 rings (SSSR count). The molecule has 19 heavy (non-hydrogen) atoms. The first-order valence-electron chi connectivity index (χ1n) is 7.55. The molecule has 1 aliphatic rings. The molecule has 0 aromatic carbocycles. The van der Waals surface area contributed by atoms with E-state index >= 15 is 0 Å². The zero-order valence-corrected chi connectivity index (χ0v) is 12.7. The third-order valence-corrected chi connectivity index (χ3v) is 3.48. The van der Waals surface area contributed by atoms with E-state index in [0.717, 1.165) is 19.3 Å². The number of nitrogens with one attached hydrogen (secondary N) is 2. The fourth-order valence-electron chi connectivity index (χ4n) is 2.66. The minimum atomic E-state index is -0.387. The average molecular weight is 270 g/mol. The highest BCUT2D eigenvalue weighted by atomic mass is 16.3. The van der Waals surface area contributed by atoms with Gasteiger partial charge in [0.1, 0.15) is 0 Å². The third kappa shape index (κ3) is 8.22. The van der Waals surface area contributed by atoms with E-state index in [0.29, 0.717) is 19.1 Å². The molecule has 1 fully saturated rings. The lowest BCUT2D eigenvalue weighted by Gasteiger charge is -2.24. The number of aliphatic hydroxyl groups is 1. The van der Waals surface area contributed by atoms with E-state index in [4.69, 9.17) is 0 Å².